The van der Waals surface area contributed by atoms with Crippen molar-refractivity contribution < 1.29 is 19.4 Å². The summed E-state index contributed by atoms with van der Waals surface area (Å²) in [6.07, 6.45) is 0.0159. The zero-order valence-corrected chi connectivity index (χ0v) is 16.2. The minimum atomic E-state index is -0.836. The highest BCUT2D eigenvalue weighted by molar-refractivity contribution is 5.72. The van der Waals surface area contributed by atoms with Gasteiger partial charge in [0.05, 0.1) is 13.0 Å². The van der Waals surface area contributed by atoms with Crippen molar-refractivity contribution in [3.05, 3.63) is 83.9 Å². The number of aliphatic carboxylic acids is 1. The van der Waals surface area contributed by atoms with Crippen LogP contribution in [0.4, 0.5) is 0 Å². The molecule has 0 saturated carbocycles. The molecule has 0 aliphatic carbocycles. The summed E-state index contributed by atoms with van der Waals surface area (Å²) in [6.45, 7) is 2.89. The molecule has 0 fully saturated rings. The van der Waals surface area contributed by atoms with Crippen LogP contribution in [0.1, 0.15) is 18.1 Å². The average molecular weight is 386 g/mol. The van der Waals surface area contributed by atoms with Crippen LogP contribution in [-0.2, 0) is 11.2 Å². The van der Waals surface area contributed by atoms with E-state index in [4.69, 9.17) is 14.6 Å². The van der Waals surface area contributed by atoms with Crippen molar-refractivity contribution in [3.8, 4) is 34.5 Å². The van der Waals surface area contributed by atoms with Crippen LogP contribution in [0.5, 0.6) is 11.5 Å². The number of hydrogen-bond acceptors (Lipinski definition) is 3. The van der Waals surface area contributed by atoms with Crippen LogP contribution < -0.4 is 9.47 Å². The van der Waals surface area contributed by atoms with E-state index >= 15 is 0 Å². The monoisotopic (exact) mass is 386 g/mol. The van der Waals surface area contributed by atoms with Crippen molar-refractivity contribution in [2.75, 3.05) is 13.2 Å². The highest BCUT2D eigenvalue weighted by atomic mass is 16.5. The molecule has 0 aliphatic heterocycles. The molecule has 4 nitrogen and oxygen atoms in total. The molecule has 3 aromatic rings. The first-order valence-electron chi connectivity index (χ1n) is 9.40. The quantitative estimate of drug-likeness (QED) is 0.592. The maximum atomic E-state index is 10.9. The fourth-order valence-electron chi connectivity index (χ4n) is 2.84. The van der Waals surface area contributed by atoms with Gasteiger partial charge in [-0.2, -0.15) is 0 Å². The summed E-state index contributed by atoms with van der Waals surface area (Å²) in [6, 6.07) is 22.9. The van der Waals surface area contributed by atoms with Gasteiger partial charge in [0, 0.05) is 5.56 Å². The lowest BCUT2D eigenvalue weighted by atomic mass is 10.0. The second kappa shape index (κ2) is 10.0. The first kappa shape index (κ1) is 20.0. The Morgan fingerprint density at radius 1 is 0.897 bits per heavy atom. The Morgan fingerprint density at radius 2 is 1.59 bits per heavy atom. The summed E-state index contributed by atoms with van der Waals surface area (Å²) in [5.41, 5.74) is 3.67. The molecule has 0 unspecified atom stereocenters. The summed E-state index contributed by atoms with van der Waals surface area (Å²) in [4.78, 5) is 10.9. The van der Waals surface area contributed by atoms with E-state index < -0.39 is 5.97 Å². The minimum Gasteiger partial charge on any atom is -0.494 e. The van der Waals surface area contributed by atoms with E-state index in [1.807, 2.05) is 79.7 Å². The lowest BCUT2D eigenvalue weighted by molar-refractivity contribution is -0.136. The fraction of sp³-hybridized carbons (Fsp3) is 0.160. The molecular formula is C25H22O4. The van der Waals surface area contributed by atoms with Crippen LogP contribution in [0.3, 0.4) is 0 Å². The van der Waals surface area contributed by atoms with Gasteiger partial charge in [-0.05, 0) is 60.0 Å². The van der Waals surface area contributed by atoms with Gasteiger partial charge in [-0.15, -0.1) is 0 Å². The van der Waals surface area contributed by atoms with Gasteiger partial charge in [0.15, 0.2) is 0 Å². The molecular weight excluding hydrogens is 364 g/mol. The van der Waals surface area contributed by atoms with Crippen LogP contribution in [-0.4, -0.2) is 24.3 Å². The molecule has 29 heavy (non-hydrogen) atoms. The minimum absolute atomic E-state index is 0.0159. The zero-order valence-electron chi connectivity index (χ0n) is 16.2. The van der Waals surface area contributed by atoms with Crippen molar-refractivity contribution in [1.82, 2.24) is 0 Å². The molecule has 0 atom stereocenters. The van der Waals surface area contributed by atoms with E-state index in [2.05, 4.69) is 11.8 Å². The van der Waals surface area contributed by atoms with Gasteiger partial charge < -0.3 is 14.6 Å². The molecule has 0 bridgehead atoms. The summed E-state index contributed by atoms with van der Waals surface area (Å²) in [5, 5.41) is 8.94. The number of rotatable bonds is 7. The Labute approximate surface area is 170 Å². The Kier molecular flexibility index (Phi) is 6.91. The predicted molar refractivity (Wildman–Crippen MR) is 113 cm³/mol. The Morgan fingerprint density at radius 3 is 2.28 bits per heavy atom. The number of carboxylic acids is 1. The lowest BCUT2D eigenvalue weighted by Gasteiger charge is -2.06. The molecule has 0 aromatic heterocycles. The number of carboxylic acid groups (broad SMARTS) is 1. The van der Waals surface area contributed by atoms with E-state index in [0.717, 1.165) is 33.8 Å². The largest absolute Gasteiger partial charge is 0.494 e. The second-order valence-corrected chi connectivity index (χ2v) is 6.34. The third kappa shape index (κ3) is 6.15. The van der Waals surface area contributed by atoms with Gasteiger partial charge in [-0.1, -0.05) is 48.2 Å². The summed E-state index contributed by atoms with van der Waals surface area (Å²) >= 11 is 0. The molecule has 146 valence electrons. The van der Waals surface area contributed by atoms with Crippen molar-refractivity contribution in [2.45, 2.75) is 13.3 Å². The fourth-order valence-corrected chi connectivity index (χ4v) is 2.84. The van der Waals surface area contributed by atoms with Crippen LogP contribution >= 0.6 is 0 Å². The number of hydrogen-bond donors (Lipinski definition) is 1. The smallest absolute Gasteiger partial charge is 0.307 e. The standard InChI is InChI=1S/C25H22O4/c1-2-28-23-12-8-19(9-13-23)6-4-16-29-24-14-10-21(11-15-24)22-7-3-5-20(17-22)18-25(26)27/h3,5,7-15,17H,2,16,18H2,1H3,(H,26,27). The average Bonchev–Trinajstić information content (AvgIpc) is 2.73. The molecule has 0 heterocycles. The van der Waals surface area contributed by atoms with E-state index in [0.29, 0.717) is 13.2 Å². The first-order valence-corrected chi connectivity index (χ1v) is 9.40. The third-order valence-electron chi connectivity index (χ3n) is 4.18. The van der Waals surface area contributed by atoms with Crippen molar-refractivity contribution in [1.29, 1.82) is 0 Å². The number of ether oxygens (including phenoxy) is 2. The SMILES string of the molecule is CCOc1ccc(C#CCOc2ccc(-c3cccc(CC(=O)O)c3)cc2)cc1. The van der Waals surface area contributed by atoms with Gasteiger partial charge in [-0.3, -0.25) is 4.79 Å². The molecule has 3 aromatic carbocycles. The van der Waals surface area contributed by atoms with Crippen LogP contribution in [0.15, 0.2) is 72.8 Å². The van der Waals surface area contributed by atoms with E-state index in [1.165, 1.54) is 0 Å². The van der Waals surface area contributed by atoms with Crippen LogP contribution in [0, 0.1) is 11.8 Å². The van der Waals surface area contributed by atoms with Crippen LogP contribution in [0.25, 0.3) is 11.1 Å². The first-order chi connectivity index (χ1) is 14.1. The van der Waals surface area contributed by atoms with Gasteiger partial charge >= 0.3 is 5.97 Å². The van der Waals surface area contributed by atoms with Crippen LogP contribution in [0.2, 0.25) is 0 Å². The molecule has 3 rings (SSSR count). The normalized spacial score (nSPS) is 9.97. The molecule has 1 N–H and O–H groups in total. The van der Waals surface area contributed by atoms with Gasteiger partial charge in [0.25, 0.3) is 0 Å². The summed E-state index contributed by atoms with van der Waals surface area (Å²) < 4.78 is 11.1. The maximum absolute atomic E-state index is 10.9. The van der Waals surface area contributed by atoms with Crippen molar-refractivity contribution in [3.63, 3.8) is 0 Å². The third-order valence-corrected chi connectivity index (χ3v) is 4.18. The highest BCUT2D eigenvalue weighted by Crippen LogP contribution is 2.23. The Bertz CT molecular complexity index is 1010. The summed E-state index contributed by atoms with van der Waals surface area (Å²) in [5.74, 6) is 6.80. The number of benzene rings is 3. The Hall–Kier alpha value is -3.71. The van der Waals surface area contributed by atoms with Crippen molar-refractivity contribution >= 4 is 5.97 Å². The van der Waals surface area contributed by atoms with Gasteiger partial charge in [0.1, 0.15) is 18.1 Å². The second-order valence-electron chi connectivity index (χ2n) is 6.34. The predicted octanol–water partition coefficient (Wildman–Crippen LogP) is 4.81. The van der Waals surface area contributed by atoms with Gasteiger partial charge in [0.2, 0.25) is 0 Å². The van der Waals surface area contributed by atoms with E-state index in [9.17, 15) is 4.79 Å². The number of carbonyl (C=O) groups is 1. The molecule has 4 heteroatoms. The maximum Gasteiger partial charge on any atom is 0.307 e. The molecule has 0 radical (unpaired) electrons. The summed E-state index contributed by atoms with van der Waals surface area (Å²) in [7, 11) is 0. The molecule has 0 spiro atoms. The topological polar surface area (TPSA) is 55.8 Å². The Balaban J connectivity index is 1.57. The lowest BCUT2D eigenvalue weighted by Crippen LogP contribution is -1.99. The molecule has 0 amide bonds. The molecule has 0 saturated heterocycles. The van der Waals surface area contributed by atoms with E-state index in [-0.39, 0.29) is 6.42 Å². The van der Waals surface area contributed by atoms with E-state index in [1.54, 1.807) is 0 Å². The highest BCUT2D eigenvalue weighted by Gasteiger charge is 2.03. The van der Waals surface area contributed by atoms with Gasteiger partial charge in [-0.25, -0.2) is 0 Å². The van der Waals surface area contributed by atoms with Crippen molar-refractivity contribution in [2.24, 2.45) is 0 Å². The molecule has 0 aliphatic rings. The zero-order chi connectivity index (χ0) is 20.5.